The first kappa shape index (κ1) is 14.6. The zero-order chi connectivity index (χ0) is 13.1. The molecule has 0 N–H and O–H groups in total. The third kappa shape index (κ3) is 3.51. The molecule has 96 valence electrons. The van der Waals surface area contributed by atoms with Crippen LogP contribution in [0.4, 0.5) is 0 Å². The van der Waals surface area contributed by atoms with E-state index in [1.807, 2.05) is 0 Å². The molecular formula is C13H24O2Si2. The van der Waals surface area contributed by atoms with Crippen LogP contribution in [0.15, 0.2) is 24.3 Å². The summed E-state index contributed by atoms with van der Waals surface area (Å²) in [4.78, 5) is 0. The monoisotopic (exact) mass is 268 g/mol. The highest BCUT2D eigenvalue weighted by Crippen LogP contribution is 2.07. The number of hydrogen-bond acceptors (Lipinski definition) is 2. The first-order valence-electron chi connectivity index (χ1n) is 6.13. The van der Waals surface area contributed by atoms with Crippen molar-refractivity contribution in [3.05, 3.63) is 24.3 Å². The number of hydrogen-bond donors (Lipinski definition) is 0. The minimum absolute atomic E-state index is 0.791. The van der Waals surface area contributed by atoms with E-state index in [4.69, 9.17) is 8.85 Å². The lowest BCUT2D eigenvalue weighted by Gasteiger charge is -2.25. The zero-order valence-corrected chi connectivity index (χ0v) is 13.8. The normalized spacial score (nSPS) is 12.8. The third-order valence-electron chi connectivity index (χ3n) is 3.29. The Labute approximate surface area is 107 Å². The van der Waals surface area contributed by atoms with Crippen LogP contribution in [0.3, 0.4) is 0 Å². The molecule has 0 unspecified atom stereocenters. The van der Waals surface area contributed by atoms with Crippen LogP contribution in [0.1, 0.15) is 6.92 Å². The van der Waals surface area contributed by atoms with Gasteiger partial charge in [0.15, 0.2) is 0 Å². The van der Waals surface area contributed by atoms with Crippen molar-refractivity contribution >= 4 is 27.0 Å². The molecule has 0 atom stereocenters. The van der Waals surface area contributed by atoms with E-state index >= 15 is 0 Å². The summed E-state index contributed by atoms with van der Waals surface area (Å²) in [6, 6.07) is 8.84. The largest absolute Gasteiger partial charge is 0.416 e. The van der Waals surface area contributed by atoms with E-state index in [0.717, 1.165) is 6.61 Å². The SMILES string of the molecule is CCO[Si](C)(C)c1ccc([Si](C)(C)OC)cc1. The predicted octanol–water partition coefficient (Wildman–Crippen LogP) is 2.19. The summed E-state index contributed by atoms with van der Waals surface area (Å²) in [5, 5.41) is 2.69. The molecule has 0 spiro atoms. The Morgan fingerprint density at radius 1 is 0.882 bits per heavy atom. The fourth-order valence-electron chi connectivity index (χ4n) is 1.84. The number of rotatable bonds is 5. The highest BCUT2D eigenvalue weighted by Gasteiger charge is 2.27. The molecule has 1 aromatic carbocycles. The molecule has 0 fully saturated rings. The molecule has 0 aliphatic rings. The van der Waals surface area contributed by atoms with Crippen LogP contribution in [0.2, 0.25) is 26.2 Å². The third-order valence-corrected chi connectivity index (χ3v) is 8.77. The topological polar surface area (TPSA) is 18.5 Å². The molecule has 17 heavy (non-hydrogen) atoms. The summed E-state index contributed by atoms with van der Waals surface area (Å²) in [6.45, 7) is 11.8. The molecule has 0 aromatic heterocycles. The summed E-state index contributed by atoms with van der Waals surface area (Å²) in [7, 11) is -1.57. The molecule has 1 rings (SSSR count). The summed E-state index contributed by atoms with van der Waals surface area (Å²) in [5.74, 6) is 0. The Morgan fingerprint density at radius 2 is 1.29 bits per heavy atom. The Morgan fingerprint density at radius 3 is 1.65 bits per heavy atom. The summed E-state index contributed by atoms with van der Waals surface area (Å²) in [5.41, 5.74) is 0. The molecular weight excluding hydrogens is 244 g/mol. The second-order valence-electron chi connectivity index (χ2n) is 5.24. The lowest BCUT2D eigenvalue weighted by atomic mass is 10.4. The highest BCUT2D eigenvalue weighted by atomic mass is 28.4. The van der Waals surface area contributed by atoms with Crippen LogP contribution in [0.5, 0.6) is 0 Å². The minimum Gasteiger partial charge on any atom is -0.416 e. The second-order valence-corrected chi connectivity index (χ2v) is 13.1. The van der Waals surface area contributed by atoms with Gasteiger partial charge in [-0.05, 0) is 43.5 Å². The zero-order valence-electron chi connectivity index (χ0n) is 11.8. The van der Waals surface area contributed by atoms with E-state index in [1.165, 1.54) is 10.4 Å². The van der Waals surface area contributed by atoms with Crippen molar-refractivity contribution in [1.82, 2.24) is 0 Å². The van der Waals surface area contributed by atoms with Crippen LogP contribution < -0.4 is 10.4 Å². The van der Waals surface area contributed by atoms with Gasteiger partial charge < -0.3 is 8.85 Å². The molecule has 1 aromatic rings. The van der Waals surface area contributed by atoms with E-state index in [9.17, 15) is 0 Å². The van der Waals surface area contributed by atoms with Gasteiger partial charge in [0.2, 0.25) is 16.6 Å². The Bertz CT molecular complexity index is 358. The summed E-state index contributed by atoms with van der Waals surface area (Å²) in [6.07, 6.45) is 0. The van der Waals surface area contributed by atoms with Gasteiger partial charge in [0, 0.05) is 13.7 Å². The van der Waals surface area contributed by atoms with E-state index in [1.54, 1.807) is 7.11 Å². The van der Waals surface area contributed by atoms with Gasteiger partial charge in [-0.3, -0.25) is 0 Å². The van der Waals surface area contributed by atoms with Gasteiger partial charge in [-0.2, -0.15) is 0 Å². The van der Waals surface area contributed by atoms with Crippen molar-refractivity contribution in [2.45, 2.75) is 33.1 Å². The fraction of sp³-hybridized carbons (Fsp3) is 0.538. The van der Waals surface area contributed by atoms with Gasteiger partial charge in [0.1, 0.15) is 0 Å². The lowest BCUT2D eigenvalue weighted by molar-refractivity contribution is 0.339. The maximum Gasteiger partial charge on any atom is 0.218 e. The van der Waals surface area contributed by atoms with Crippen LogP contribution in [0.25, 0.3) is 0 Å². The summed E-state index contributed by atoms with van der Waals surface area (Å²) < 4.78 is 11.5. The first-order chi connectivity index (χ1) is 7.83. The van der Waals surface area contributed by atoms with Crippen molar-refractivity contribution in [3.8, 4) is 0 Å². The average molecular weight is 269 g/mol. The fourth-order valence-corrected chi connectivity index (χ4v) is 4.90. The molecule has 0 radical (unpaired) electrons. The van der Waals surface area contributed by atoms with Gasteiger partial charge in [0.25, 0.3) is 0 Å². The van der Waals surface area contributed by atoms with E-state index in [2.05, 4.69) is 57.4 Å². The van der Waals surface area contributed by atoms with E-state index in [0.29, 0.717) is 0 Å². The van der Waals surface area contributed by atoms with Crippen LogP contribution in [0, 0.1) is 0 Å². The molecule has 0 saturated carbocycles. The van der Waals surface area contributed by atoms with Gasteiger partial charge in [-0.1, -0.05) is 24.3 Å². The molecule has 0 heterocycles. The van der Waals surface area contributed by atoms with Crippen molar-refractivity contribution in [3.63, 3.8) is 0 Å². The molecule has 0 aliphatic heterocycles. The first-order valence-corrected chi connectivity index (χ1v) is 12.0. The average Bonchev–Trinajstić information content (AvgIpc) is 2.29. The quantitative estimate of drug-likeness (QED) is 0.762. The highest BCUT2D eigenvalue weighted by molar-refractivity contribution is 6.85. The maximum absolute atomic E-state index is 5.89. The molecule has 0 saturated heterocycles. The second kappa shape index (κ2) is 5.48. The van der Waals surface area contributed by atoms with Gasteiger partial charge in [-0.25, -0.2) is 0 Å². The van der Waals surface area contributed by atoms with E-state index < -0.39 is 16.6 Å². The maximum atomic E-state index is 5.89. The molecule has 2 nitrogen and oxygen atoms in total. The van der Waals surface area contributed by atoms with E-state index in [-0.39, 0.29) is 0 Å². The number of benzene rings is 1. The lowest BCUT2D eigenvalue weighted by Crippen LogP contribution is -2.48. The van der Waals surface area contributed by atoms with Crippen LogP contribution >= 0.6 is 0 Å². The minimum atomic E-state index is -1.70. The molecule has 4 heteroatoms. The molecule has 0 bridgehead atoms. The Hall–Kier alpha value is -0.426. The van der Waals surface area contributed by atoms with Crippen molar-refractivity contribution in [2.75, 3.05) is 13.7 Å². The van der Waals surface area contributed by atoms with Crippen molar-refractivity contribution in [2.24, 2.45) is 0 Å². The standard InChI is InChI=1S/C13H24O2Si2/c1-7-15-17(5,6)13-10-8-12(9-11-13)16(3,4)14-2/h8-11H,7H2,1-6H3. The predicted molar refractivity (Wildman–Crippen MR) is 79.3 cm³/mol. The summed E-state index contributed by atoms with van der Waals surface area (Å²) >= 11 is 0. The Kier molecular flexibility index (Phi) is 4.72. The molecule has 0 amide bonds. The van der Waals surface area contributed by atoms with Crippen LogP contribution in [-0.2, 0) is 8.85 Å². The van der Waals surface area contributed by atoms with Gasteiger partial charge in [-0.15, -0.1) is 0 Å². The van der Waals surface area contributed by atoms with Gasteiger partial charge in [0.05, 0.1) is 0 Å². The van der Waals surface area contributed by atoms with Crippen LogP contribution in [-0.4, -0.2) is 30.4 Å². The van der Waals surface area contributed by atoms with Crippen molar-refractivity contribution in [1.29, 1.82) is 0 Å². The van der Waals surface area contributed by atoms with Crippen molar-refractivity contribution < 1.29 is 8.85 Å². The molecule has 0 aliphatic carbocycles. The Balaban J connectivity index is 2.96. The van der Waals surface area contributed by atoms with Gasteiger partial charge >= 0.3 is 0 Å². The smallest absolute Gasteiger partial charge is 0.218 e.